The van der Waals surface area contributed by atoms with E-state index >= 15 is 0 Å². The van der Waals surface area contributed by atoms with Gasteiger partial charge in [-0.1, -0.05) is 6.42 Å². The highest BCUT2D eigenvalue weighted by Gasteiger charge is 2.45. The minimum atomic E-state index is -0.898. The van der Waals surface area contributed by atoms with Gasteiger partial charge in [0.25, 0.3) is 0 Å². The van der Waals surface area contributed by atoms with E-state index in [4.69, 9.17) is 4.74 Å². The van der Waals surface area contributed by atoms with E-state index in [2.05, 4.69) is 0 Å². The summed E-state index contributed by atoms with van der Waals surface area (Å²) >= 11 is 0. The third kappa shape index (κ3) is 2.99. The lowest BCUT2D eigenvalue weighted by atomic mass is 9.81. The summed E-state index contributed by atoms with van der Waals surface area (Å²) in [6, 6.07) is 4.38. The van der Waals surface area contributed by atoms with Crippen LogP contribution in [0, 0.1) is 5.82 Å². The summed E-state index contributed by atoms with van der Waals surface area (Å²) < 4.78 is 31.0. The Hall–Kier alpha value is -0.940. The molecule has 5 heteroatoms. The maximum atomic E-state index is 13.5. The summed E-state index contributed by atoms with van der Waals surface area (Å²) in [6.07, 6.45) is 4.38. The van der Waals surface area contributed by atoms with Crippen molar-refractivity contribution < 1.29 is 18.4 Å². The van der Waals surface area contributed by atoms with Gasteiger partial charge in [0.1, 0.15) is 11.6 Å². The molecule has 2 unspecified atom stereocenters. The molecule has 21 heavy (non-hydrogen) atoms. The number of hydrogen-bond donors (Lipinski definition) is 1. The van der Waals surface area contributed by atoms with Crippen LogP contribution < -0.4 is 4.74 Å². The second-order valence-electron chi connectivity index (χ2n) is 6.27. The lowest BCUT2D eigenvalue weighted by molar-refractivity contribution is 0.0109. The molecule has 0 saturated carbocycles. The second kappa shape index (κ2) is 5.69. The largest absolute Gasteiger partial charge is 0.496 e. The van der Waals surface area contributed by atoms with Crippen LogP contribution in [0.1, 0.15) is 37.7 Å². The molecule has 2 heterocycles. The molecule has 3 rings (SSSR count). The summed E-state index contributed by atoms with van der Waals surface area (Å²) in [5.74, 6) is 0.274. The van der Waals surface area contributed by atoms with Crippen molar-refractivity contribution in [2.45, 2.75) is 54.6 Å². The van der Waals surface area contributed by atoms with Crippen LogP contribution in [0.2, 0.25) is 0 Å². The summed E-state index contributed by atoms with van der Waals surface area (Å²) in [5.41, 5.74) is -0.212. The summed E-state index contributed by atoms with van der Waals surface area (Å²) in [7, 11) is 0.730. The smallest absolute Gasteiger partial charge is 0.123 e. The SMILES string of the molecule is COc1ccc(F)cc1CC1(O)CC2CCCC(C1)S2=O. The Morgan fingerprint density at radius 2 is 2.05 bits per heavy atom. The van der Waals surface area contributed by atoms with Crippen molar-refractivity contribution >= 4 is 10.8 Å². The van der Waals surface area contributed by atoms with Crippen molar-refractivity contribution in [2.75, 3.05) is 7.11 Å². The Morgan fingerprint density at radius 3 is 2.67 bits per heavy atom. The molecule has 3 nitrogen and oxygen atoms in total. The maximum Gasteiger partial charge on any atom is 0.123 e. The first-order valence-electron chi connectivity index (χ1n) is 7.45. The van der Waals surface area contributed by atoms with Crippen LogP contribution in [-0.2, 0) is 17.2 Å². The Kier molecular flexibility index (Phi) is 4.06. The Balaban J connectivity index is 1.84. The predicted molar refractivity (Wildman–Crippen MR) is 80.4 cm³/mol. The fraction of sp³-hybridized carbons (Fsp3) is 0.625. The minimum absolute atomic E-state index is 0.0852. The molecule has 1 aromatic rings. The van der Waals surface area contributed by atoms with Crippen LogP contribution >= 0.6 is 0 Å². The molecule has 2 aliphatic rings. The Bertz CT molecular complexity index is 544. The van der Waals surface area contributed by atoms with Gasteiger partial charge in [-0.25, -0.2) is 4.39 Å². The van der Waals surface area contributed by atoms with Crippen LogP contribution in [0.25, 0.3) is 0 Å². The van der Waals surface area contributed by atoms with E-state index in [9.17, 15) is 13.7 Å². The molecule has 2 bridgehead atoms. The number of ether oxygens (including phenoxy) is 1. The number of aliphatic hydroxyl groups is 1. The first-order chi connectivity index (χ1) is 10.0. The monoisotopic (exact) mass is 312 g/mol. The van der Waals surface area contributed by atoms with Crippen LogP contribution in [0.4, 0.5) is 4.39 Å². The van der Waals surface area contributed by atoms with E-state index in [1.807, 2.05) is 0 Å². The molecule has 0 amide bonds. The van der Waals surface area contributed by atoms with Crippen molar-refractivity contribution in [3.63, 3.8) is 0 Å². The molecule has 1 aromatic carbocycles. The molecule has 2 saturated heterocycles. The number of benzene rings is 1. The van der Waals surface area contributed by atoms with Crippen molar-refractivity contribution in [1.29, 1.82) is 0 Å². The number of rotatable bonds is 3. The maximum absolute atomic E-state index is 13.5. The molecular formula is C16H21FO3S. The lowest BCUT2D eigenvalue weighted by Gasteiger charge is -2.43. The first-order valence-corrected chi connectivity index (χ1v) is 8.72. The molecule has 116 valence electrons. The van der Waals surface area contributed by atoms with Crippen LogP contribution in [0.5, 0.6) is 5.75 Å². The molecule has 0 aromatic heterocycles. The van der Waals surface area contributed by atoms with Gasteiger partial charge in [-0.15, -0.1) is 0 Å². The molecule has 2 fully saturated rings. The standard InChI is InChI=1S/C16H21FO3S/c1-20-15-6-5-12(17)7-11(15)8-16(18)9-13-3-2-4-14(10-16)21(13)19/h5-7,13-14,18H,2-4,8-10H2,1H3. The second-order valence-corrected chi connectivity index (χ2v) is 8.26. The summed E-state index contributed by atoms with van der Waals surface area (Å²) in [6.45, 7) is 0. The van der Waals surface area contributed by atoms with Crippen LogP contribution in [0.15, 0.2) is 18.2 Å². The molecule has 0 radical (unpaired) electrons. The lowest BCUT2D eigenvalue weighted by Crippen LogP contribution is -2.50. The van der Waals surface area contributed by atoms with E-state index in [1.165, 1.54) is 12.1 Å². The van der Waals surface area contributed by atoms with Crippen LogP contribution in [0.3, 0.4) is 0 Å². The van der Waals surface area contributed by atoms with Crippen LogP contribution in [-0.4, -0.2) is 32.5 Å². The molecule has 0 spiro atoms. The van der Waals surface area contributed by atoms with Crippen molar-refractivity contribution in [3.05, 3.63) is 29.6 Å². The average molecular weight is 312 g/mol. The van der Waals surface area contributed by atoms with Gasteiger partial charge in [0.2, 0.25) is 0 Å². The fourth-order valence-corrected chi connectivity index (χ4v) is 6.05. The highest BCUT2D eigenvalue weighted by molar-refractivity contribution is 7.86. The predicted octanol–water partition coefficient (Wildman–Crippen LogP) is 2.57. The first kappa shape index (κ1) is 15.0. The Labute approximate surface area is 127 Å². The zero-order valence-electron chi connectivity index (χ0n) is 12.2. The van der Waals surface area contributed by atoms with E-state index in [1.54, 1.807) is 13.2 Å². The highest BCUT2D eigenvalue weighted by Crippen LogP contribution is 2.41. The molecular weight excluding hydrogens is 291 g/mol. The normalized spacial score (nSPS) is 35.5. The molecule has 0 aliphatic carbocycles. The third-order valence-corrected chi connectivity index (χ3v) is 6.81. The number of methoxy groups -OCH3 is 1. The highest BCUT2D eigenvalue weighted by atomic mass is 32.2. The fourth-order valence-electron chi connectivity index (χ4n) is 3.76. The zero-order valence-corrected chi connectivity index (χ0v) is 13.0. The van der Waals surface area contributed by atoms with Gasteiger partial charge in [0.15, 0.2) is 0 Å². The summed E-state index contributed by atoms with van der Waals surface area (Å²) in [5, 5.41) is 11.1. The zero-order chi connectivity index (χ0) is 15.0. The average Bonchev–Trinajstić information content (AvgIpc) is 2.41. The van der Waals surface area contributed by atoms with Crippen molar-refractivity contribution in [3.8, 4) is 5.75 Å². The van der Waals surface area contributed by atoms with Gasteiger partial charge in [0.05, 0.1) is 12.7 Å². The third-order valence-electron chi connectivity index (χ3n) is 4.69. The van der Waals surface area contributed by atoms with Crippen molar-refractivity contribution in [1.82, 2.24) is 0 Å². The van der Waals surface area contributed by atoms with Gasteiger partial charge in [-0.3, -0.25) is 4.21 Å². The summed E-state index contributed by atoms with van der Waals surface area (Å²) in [4.78, 5) is 0. The quantitative estimate of drug-likeness (QED) is 0.933. The molecule has 1 N–H and O–H groups in total. The Morgan fingerprint density at radius 1 is 1.38 bits per heavy atom. The van der Waals surface area contributed by atoms with Gasteiger partial charge in [-0.05, 0) is 49.4 Å². The molecule has 2 atom stereocenters. The van der Waals surface area contributed by atoms with E-state index < -0.39 is 16.4 Å². The van der Waals surface area contributed by atoms with Gasteiger partial charge in [0, 0.05) is 27.7 Å². The van der Waals surface area contributed by atoms with E-state index in [-0.39, 0.29) is 16.3 Å². The minimum Gasteiger partial charge on any atom is -0.496 e. The topological polar surface area (TPSA) is 46.5 Å². The number of halogens is 1. The number of fused-ring (bicyclic) bond motifs is 2. The molecule has 2 aliphatic heterocycles. The van der Waals surface area contributed by atoms with E-state index in [0.29, 0.717) is 30.6 Å². The van der Waals surface area contributed by atoms with Gasteiger partial charge >= 0.3 is 0 Å². The van der Waals surface area contributed by atoms with E-state index in [0.717, 1.165) is 19.3 Å². The van der Waals surface area contributed by atoms with Gasteiger partial charge in [-0.2, -0.15) is 0 Å². The number of hydrogen-bond acceptors (Lipinski definition) is 3. The van der Waals surface area contributed by atoms with Gasteiger partial charge < -0.3 is 9.84 Å². The van der Waals surface area contributed by atoms with Crippen molar-refractivity contribution in [2.24, 2.45) is 0 Å².